The van der Waals surface area contributed by atoms with Gasteiger partial charge in [0.25, 0.3) is 0 Å². The Morgan fingerprint density at radius 2 is 1.92 bits per heavy atom. The Morgan fingerprint density at radius 3 is 2.33 bits per heavy atom. The molecule has 1 unspecified atom stereocenters. The van der Waals surface area contributed by atoms with E-state index in [9.17, 15) is 0 Å². The minimum absolute atomic E-state index is 1.11. The third-order valence-electron chi connectivity index (χ3n) is 2.00. The van der Waals surface area contributed by atoms with Gasteiger partial charge < -0.3 is 4.43 Å². The van der Waals surface area contributed by atoms with Crippen LogP contribution in [0.4, 0.5) is 0 Å². The predicted octanol–water partition coefficient (Wildman–Crippen LogP) is 1.54. The van der Waals surface area contributed by atoms with Crippen LogP contribution in [0.25, 0.3) is 6.08 Å². The van der Waals surface area contributed by atoms with Crippen molar-refractivity contribution >= 4 is 20.3 Å². The highest BCUT2D eigenvalue weighted by Crippen LogP contribution is 1.98. The first-order valence-electron chi connectivity index (χ1n) is 4.03. The van der Waals surface area contributed by atoms with E-state index in [1.54, 1.807) is 7.11 Å². The van der Waals surface area contributed by atoms with E-state index in [0.717, 1.165) is 5.56 Å². The standard InChI is InChI=1S/C10H14OSi/c1-4-9-5-7-10(8-6-9)12(3)11-2/h4-8,12H,1H2,2-3H3. The molecule has 0 radical (unpaired) electrons. The van der Waals surface area contributed by atoms with Gasteiger partial charge in [0.2, 0.25) is 9.04 Å². The largest absolute Gasteiger partial charge is 0.419 e. The fraction of sp³-hybridized carbons (Fsp3) is 0.200. The molecule has 0 fully saturated rings. The molecule has 0 saturated carbocycles. The van der Waals surface area contributed by atoms with Crippen molar-refractivity contribution in [2.45, 2.75) is 6.55 Å². The zero-order valence-corrected chi connectivity index (χ0v) is 8.73. The van der Waals surface area contributed by atoms with Gasteiger partial charge >= 0.3 is 0 Å². The van der Waals surface area contributed by atoms with Crippen LogP contribution in [0.15, 0.2) is 30.8 Å². The average molecular weight is 178 g/mol. The molecule has 1 atom stereocenters. The maximum atomic E-state index is 5.32. The van der Waals surface area contributed by atoms with Crippen LogP contribution < -0.4 is 5.19 Å². The van der Waals surface area contributed by atoms with Gasteiger partial charge in [-0.05, 0) is 17.3 Å². The molecule has 0 bridgehead atoms. The van der Waals surface area contributed by atoms with Crippen molar-refractivity contribution in [2.24, 2.45) is 0 Å². The molecule has 0 heterocycles. The average Bonchev–Trinajstić information content (AvgIpc) is 2.17. The minimum Gasteiger partial charge on any atom is -0.419 e. The molecule has 1 nitrogen and oxygen atoms in total. The monoisotopic (exact) mass is 178 g/mol. The van der Waals surface area contributed by atoms with Gasteiger partial charge in [0.15, 0.2) is 0 Å². The van der Waals surface area contributed by atoms with Crippen molar-refractivity contribution < 1.29 is 4.43 Å². The Hall–Kier alpha value is -0.863. The summed E-state index contributed by atoms with van der Waals surface area (Å²) < 4.78 is 5.32. The number of benzene rings is 1. The number of rotatable bonds is 3. The van der Waals surface area contributed by atoms with Gasteiger partial charge in [0.05, 0.1) is 0 Å². The highest BCUT2D eigenvalue weighted by molar-refractivity contribution is 6.66. The molecule has 0 amide bonds. The van der Waals surface area contributed by atoms with E-state index in [2.05, 4.69) is 37.4 Å². The van der Waals surface area contributed by atoms with Gasteiger partial charge in [0.1, 0.15) is 0 Å². The lowest BCUT2D eigenvalue weighted by molar-refractivity contribution is 0.434. The summed E-state index contributed by atoms with van der Waals surface area (Å²) in [5.74, 6) is 0. The summed E-state index contributed by atoms with van der Waals surface area (Å²) in [6.07, 6.45) is 1.85. The molecular formula is C10H14OSi. The summed E-state index contributed by atoms with van der Waals surface area (Å²) in [7, 11) is 0.670. The van der Waals surface area contributed by atoms with E-state index in [1.165, 1.54) is 5.19 Å². The summed E-state index contributed by atoms with van der Waals surface area (Å²) in [5, 5.41) is 1.34. The van der Waals surface area contributed by atoms with Crippen molar-refractivity contribution in [1.82, 2.24) is 0 Å². The van der Waals surface area contributed by atoms with E-state index in [1.807, 2.05) is 6.08 Å². The smallest absolute Gasteiger partial charge is 0.204 e. The van der Waals surface area contributed by atoms with Crippen LogP contribution in [0.1, 0.15) is 5.56 Å². The maximum Gasteiger partial charge on any atom is 0.204 e. The van der Waals surface area contributed by atoms with Crippen LogP contribution in [0.2, 0.25) is 6.55 Å². The summed E-state index contributed by atoms with van der Waals surface area (Å²) in [5.41, 5.74) is 1.16. The molecule has 12 heavy (non-hydrogen) atoms. The molecule has 0 aromatic heterocycles. The third kappa shape index (κ3) is 2.06. The summed E-state index contributed by atoms with van der Waals surface area (Å²) in [6.45, 7) is 5.88. The SMILES string of the molecule is C=Cc1ccc([SiH](C)OC)cc1. The maximum absolute atomic E-state index is 5.32. The van der Waals surface area contributed by atoms with Gasteiger partial charge in [-0.2, -0.15) is 0 Å². The lowest BCUT2D eigenvalue weighted by atomic mass is 10.2. The van der Waals surface area contributed by atoms with Gasteiger partial charge in [-0.25, -0.2) is 0 Å². The van der Waals surface area contributed by atoms with Gasteiger partial charge in [-0.3, -0.25) is 0 Å². The zero-order chi connectivity index (χ0) is 8.97. The van der Waals surface area contributed by atoms with Gasteiger partial charge in [-0.15, -0.1) is 0 Å². The second-order valence-corrected chi connectivity index (χ2v) is 5.17. The molecule has 0 spiro atoms. The van der Waals surface area contributed by atoms with Crippen LogP contribution in [-0.2, 0) is 4.43 Å². The van der Waals surface area contributed by atoms with Gasteiger partial charge in [-0.1, -0.05) is 36.9 Å². The molecule has 0 aliphatic carbocycles. The molecular weight excluding hydrogens is 164 g/mol. The van der Waals surface area contributed by atoms with Gasteiger partial charge in [0, 0.05) is 7.11 Å². The van der Waals surface area contributed by atoms with Crippen molar-refractivity contribution in [3.63, 3.8) is 0 Å². The van der Waals surface area contributed by atoms with Crippen molar-refractivity contribution in [3.05, 3.63) is 36.4 Å². The fourth-order valence-corrected chi connectivity index (χ4v) is 2.05. The molecule has 0 aliphatic rings. The van der Waals surface area contributed by atoms with Crippen LogP contribution in [0.5, 0.6) is 0 Å². The lowest BCUT2D eigenvalue weighted by Crippen LogP contribution is -2.28. The molecule has 64 valence electrons. The van der Waals surface area contributed by atoms with Crippen LogP contribution >= 0.6 is 0 Å². The molecule has 0 saturated heterocycles. The molecule has 1 rings (SSSR count). The normalized spacial score (nSPS) is 12.5. The number of hydrogen-bond donors (Lipinski definition) is 0. The van der Waals surface area contributed by atoms with Crippen LogP contribution in [-0.4, -0.2) is 16.2 Å². The molecule has 2 heteroatoms. The number of hydrogen-bond acceptors (Lipinski definition) is 1. The molecule has 1 aromatic rings. The second-order valence-electron chi connectivity index (χ2n) is 2.75. The summed E-state index contributed by atoms with van der Waals surface area (Å²) in [6, 6.07) is 8.39. The predicted molar refractivity (Wildman–Crippen MR) is 56.2 cm³/mol. The third-order valence-corrected chi connectivity index (χ3v) is 4.03. The lowest BCUT2D eigenvalue weighted by Gasteiger charge is -2.07. The molecule has 0 aliphatic heterocycles. The Bertz CT molecular complexity index is 253. The first kappa shape index (κ1) is 9.23. The fourth-order valence-electron chi connectivity index (χ4n) is 1.04. The van der Waals surface area contributed by atoms with Crippen molar-refractivity contribution in [1.29, 1.82) is 0 Å². The topological polar surface area (TPSA) is 9.23 Å². The first-order valence-corrected chi connectivity index (χ1v) is 6.23. The van der Waals surface area contributed by atoms with Crippen molar-refractivity contribution in [2.75, 3.05) is 7.11 Å². The Kier molecular flexibility index (Phi) is 3.26. The van der Waals surface area contributed by atoms with E-state index in [-0.39, 0.29) is 0 Å². The van der Waals surface area contributed by atoms with Crippen molar-refractivity contribution in [3.8, 4) is 0 Å². The Morgan fingerprint density at radius 1 is 1.33 bits per heavy atom. The zero-order valence-electron chi connectivity index (χ0n) is 7.58. The minimum atomic E-state index is -1.11. The Labute approximate surface area is 75.4 Å². The Balaban J connectivity index is 2.84. The van der Waals surface area contributed by atoms with Crippen LogP contribution in [0.3, 0.4) is 0 Å². The van der Waals surface area contributed by atoms with E-state index < -0.39 is 9.04 Å². The quantitative estimate of drug-likeness (QED) is 0.638. The van der Waals surface area contributed by atoms with E-state index in [4.69, 9.17) is 4.43 Å². The molecule has 0 N–H and O–H groups in total. The summed E-state index contributed by atoms with van der Waals surface area (Å²) in [4.78, 5) is 0. The first-order chi connectivity index (χ1) is 5.77. The highest BCUT2D eigenvalue weighted by Gasteiger charge is 2.04. The molecule has 1 aromatic carbocycles. The van der Waals surface area contributed by atoms with E-state index >= 15 is 0 Å². The highest BCUT2D eigenvalue weighted by atomic mass is 28.3. The van der Waals surface area contributed by atoms with Crippen LogP contribution in [0, 0.1) is 0 Å². The summed E-state index contributed by atoms with van der Waals surface area (Å²) >= 11 is 0. The second kappa shape index (κ2) is 4.23. The van der Waals surface area contributed by atoms with E-state index in [0.29, 0.717) is 0 Å².